The molecule has 2 nitrogen and oxygen atoms in total. The van der Waals surface area contributed by atoms with E-state index in [2.05, 4.69) is 50.4 Å². The summed E-state index contributed by atoms with van der Waals surface area (Å²) in [5.41, 5.74) is 2.80. The maximum atomic E-state index is 11.8. The second kappa shape index (κ2) is 5.54. The average Bonchev–Trinajstić information content (AvgIpc) is 2.53. The quantitative estimate of drug-likeness (QED) is 0.846. The van der Waals surface area contributed by atoms with E-state index >= 15 is 0 Å². The Morgan fingerprint density at radius 2 is 1.89 bits per heavy atom. The third kappa shape index (κ3) is 3.42. The topological polar surface area (TPSA) is 29.1 Å². The van der Waals surface area contributed by atoms with Gasteiger partial charge in [0.05, 0.1) is 0 Å². The van der Waals surface area contributed by atoms with Crippen LogP contribution in [0.25, 0.3) is 0 Å². The first kappa shape index (κ1) is 13.8. The Labute approximate surface area is 113 Å². The van der Waals surface area contributed by atoms with Crippen molar-refractivity contribution in [3.05, 3.63) is 35.4 Å². The third-order valence-electron chi connectivity index (χ3n) is 3.47. The maximum Gasteiger partial charge on any atom is 0.0436 e. The number of rotatable bonds is 1. The van der Waals surface area contributed by atoms with Crippen LogP contribution in [0, 0.1) is 0 Å². The molecule has 0 spiro atoms. The fourth-order valence-corrected chi connectivity index (χ4v) is 3.58. The third-order valence-corrected chi connectivity index (χ3v) is 4.92. The minimum atomic E-state index is -0.673. The van der Waals surface area contributed by atoms with Gasteiger partial charge >= 0.3 is 0 Å². The maximum absolute atomic E-state index is 11.8. The monoisotopic (exact) mass is 265 g/mol. The van der Waals surface area contributed by atoms with Crippen LogP contribution < -0.4 is 5.32 Å². The smallest absolute Gasteiger partial charge is 0.0436 e. The van der Waals surface area contributed by atoms with E-state index < -0.39 is 10.8 Å². The van der Waals surface area contributed by atoms with Crippen molar-refractivity contribution in [3.8, 4) is 0 Å². The van der Waals surface area contributed by atoms with Gasteiger partial charge in [0.25, 0.3) is 0 Å². The number of benzene rings is 1. The first-order valence-corrected chi connectivity index (χ1v) is 8.14. The van der Waals surface area contributed by atoms with Gasteiger partial charge < -0.3 is 5.32 Å². The lowest BCUT2D eigenvalue weighted by atomic mass is 9.86. The summed E-state index contributed by atoms with van der Waals surface area (Å²) in [6, 6.07) is 9.01. The van der Waals surface area contributed by atoms with E-state index in [0.29, 0.717) is 0 Å². The summed E-state index contributed by atoms with van der Waals surface area (Å²) in [6.07, 6.45) is 1.02. The standard InChI is InChI=1S/C15H23NOS/c1-15(2,3)13-7-5-12(6-8-13)14-11-18(17)10-4-9-16-14/h5-8,14,16H,4,9-11H2,1-3H3. The zero-order valence-electron chi connectivity index (χ0n) is 11.5. The molecule has 1 aliphatic heterocycles. The van der Waals surface area contributed by atoms with E-state index in [1.165, 1.54) is 11.1 Å². The molecular weight excluding hydrogens is 242 g/mol. The summed E-state index contributed by atoms with van der Waals surface area (Å²) in [5, 5.41) is 3.49. The van der Waals surface area contributed by atoms with Gasteiger partial charge in [0, 0.05) is 28.3 Å². The summed E-state index contributed by atoms with van der Waals surface area (Å²) < 4.78 is 11.8. The molecule has 1 saturated heterocycles. The molecule has 100 valence electrons. The minimum absolute atomic E-state index is 0.193. The highest BCUT2D eigenvalue weighted by molar-refractivity contribution is 7.85. The zero-order chi connectivity index (χ0) is 13.2. The Morgan fingerprint density at radius 3 is 2.50 bits per heavy atom. The Bertz CT molecular complexity index is 419. The molecule has 0 saturated carbocycles. The van der Waals surface area contributed by atoms with Crippen molar-refractivity contribution in [2.45, 2.75) is 38.6 Å². The molecule has 3 heteroatoms. The molecule has 0 bridgehead atoms. The predicted octanol–water partition coefficient (Wildman–Crippen LogP) is 2.77. The van der Waals surface area contributed by atoms with Crippen LogP contribution in [0.15, 0.2) is 24.3 Å². The van der Waals surface area contributed by atoms with Crippen LogP contribution in [0.3, 0.4) is 0 Å². The molecule has 0 amide bonds. The summed E-state index contributed by atoms with van der Waals surface area (Å²) >= 11 is 0. The van der Waals surface area contributed by atoms with E-state index in [1.807, 2.05) is 0 Å². The first-order valence-electron chi connectivity index (χ1n) is 6.65. The zero-order valence-corrected chi connectivity index (χ0v) is 12.3. The van der Waals surface area contributed by atoms with Crippen LogP contribution in [0.5, 0.6) is 0 Å². The summed E-state index contributed by atoms with van der Waals surface area (Å²) in [5.74, 6) is 1.58. The van der Waals surface area contributed by atoms with Crippen LogP contribution in [0.4, 0.5) is 0 Å². The fourth-order valence-electron chi connectivity index (χ4n) is 2.27. The Kier molecular flexibility index (Phi) is 4.23. The first-order chi connectivity index (χ1) is 8.47. The molecule has 1 aromatic carbocycles. The van der Waals surface area contributed by atoms with Crippen molar-refractivity contribution in [1.82, 2.24) is 5.32 Å². The molecule has 0 aliphatic carbocycles. The highest BCUT2D eigenvalue weighted by atomic mass is 32.2. The van der Waals surface area contributed by atoms with Crippen molar-refractivity contribution in [1.29, 1.82) is 0 Å². The summed E-state index contributed by atoms with van der Waals surface area (Å²) in [4.78, 5) is 0. The van der Waals surface area contributed by atoms with Gasteiger partial charge in [0.2, 0.25) is 0 Å². The molecule has 1 fully saturated rings. The lowest BCUT2D eigenvalue weighted by Gasteiger charge is -2.21. The predicted molar refractivity (Wildman–Crippen MR) is 78.4 cm³/mol. The van der Waals surface area contributed by atoms with Crippen molar-refractivity contribution in [2.75, 3.05) is 18.1 Å². The molecular formula is C15H23NOS. The van der Waals surface area contributed by atoms with Crippen molar-refractivity contribution in [2.24, 2.45) is 0 Å². The Balaban J connectivity index is 2.16. The van der Waals surface area contributed by atoms with Gasteiger partial charge in [-0.1, -0.05) is 45.0 Å². The Morgan fingerprint density at radius 1 is 1.22 bits per heavy atom. The molecule has 1 heterocycles. The highest BCUT2D eigenvalue weighted by Gasteiger charge is 2.19. The van der Waals surface area contributed by atoms with E-state index in [4.69, 9.17) is 0 Å². The lowest BCUT2D eigenvalue weighted by Crippen LogP contribution is -2.24. The van der Waals surface area contributed by atoms with Crippen LogP contribution in [0.2, 0.25) is 0 Å². The molecule has 18 heavy (non-hydrogen) atoms. The molecule has 2 rings (SSSR count). The van der Waals surface area contributed by atoms with Crippen LogP contribution >= 0.6 is 0 Å². The average molecular weight is 265 g/mol. The second-order valence-electron chi connectivity index (χ2n) is 6.04. The normalized spacial score (nSPS) is 25.7. The van der Waals surface area contributed by atoms with Crippen LogP contribution in [-0.2, 0) is 16.2 Å². The molecule has 0 aromatic heterocycles. The lowest BCUT2D eigenvalue weighted by molar-refractivity contribution is 0.578. The largest absolute Gasteiger partial charge is 0.309 e. The van der Waals surface area contributed by atoms with Crippen molar-refractivity contribution in [3.63, 3.8) is 0 Å². The molecule has 1 N–H and O–H groups in total. The minimum Gasteiger partial charge on any atom is -0.309 e. The number of hydrogen-bond donors (Lipinski definition) is 1. The van der Waals surface area contributed by atoms with Crippen LogP contribution in [-0.4, -0.2) is 22.3 Å². The molecule has 2 atom stereocenters. The van der Waals surface area contributed by atoms with E-state index in [1.54, 1.807) is 0 Å². The SMILES string of the molecule is CC(C)(C)c1ccc(C2CS(=O)CCCN2)cc1. The van der Waals surface area contributed by atoms with Crippen molar-refractivity contribution < 1.29 is 4.21 Å². The molecule has 2 unspecified atom stereocenters. The van der Waals surface area contributed by atoms with E-state index in [0.717, 1.165) is 24.5 Å². The fraction of sp³-hybridized carbons (Fsp3) is 0.600. The molecule has 1 aliphatic rings. The summed E-state index contributed by atoms with van der Waals surface area (Å²) in [6.45, 7) is 7.64. The van der Waals surface area contributed by atoms with Crippen molar-refractivity contribution >= 4 is 10.8 Å². The second-order valence-corrected chi connectivity index (χ2v) is 7.66. The van der Waals surface area contributed by atoms with Gasteiger partial charge in [-0.25, -0.2) is 0 Å². The van der Waals surface area contributed by atoms with Crippen LogP contribution in [0.1, 0.15) is 44.4 Å². The van der Waals surface area contributed by atoms with Gasteiger partial charge in [-0.05, 0) is 29.5 Å². The van der Waals surface area contributed by atoms with E-state index in [9.17, 15) is 4.21 Å². The number of hydrogen-bond acceptors (Lipinski definition) is 2. The Hall–Kier alpha value is -0.670. The van der Waals surface area contributed by atoms with Gasteiger partial charge in [-0.15, -0.1) is 0 Å². The van der Waals surface area contributed by atoms with Gasteiger partial charge in [0.1, 0.15) is 0 Å². The number of nitrogens with one attached hydrogen (secondary N) is 1. The molecule has 1 aromatic rings. The van der Waals surface area contributed by atoms with Gasteiger partial charge in [0.15, 0.2) is 0 Å². The van der Waals surface area contributed by atoms with E-state index in [-0.39, 0.29) is 11.5 Å². The molecule has 0 radical (unpaired) electrons. The van der Waals surface area contributed by atoms with Gasteiger partial charge in [-0.2, -0.15) is 0 Å². The highest BCUT2D eigenvalue weighted by Crippen LogP contribution is 2.24. The summed E-state index contributed by atoms with van der Waals surface area (Å²) in [7, 11) is -0.673. The van der Waals surface area contributed by atoms with Gasteiger partial charge in [-0.3, -0.25) is 4.21 Å².